The SMILES string of the molecule is CCCOCC(=O)Nc1cn[nH]c1C(F)(F)F. The van der Waals surface area contributed by atoms with Crippen molar-refractivity contribution in [1.82, 2.24) is 10.2 Å². The van der Waals surface area contributed by atoms with Crippen LogP contribution in [0.1, 0.15) is 19.0 Å². The maximum atomic E-state index is 12.4. The number of aromatic nitrogens is 2. The number of halogens is 3. The summed E-state index contributed by atoms with van der Waals surface area (Å²) in [5.74, 6) is -0.648. The number of anilines is 1. The van der Waals surface area contributed by atoms with Crippen LogP contribution in [0.2, 0.25) is 0 Å². The van der Waals surface area contributed by atoms with E-state index in [-0.39, 0.29) is 6.61 Å². The first-order valence-electron chi connectivity index (χ1n) is 4.93. The third-order valence-electron chi connectivity index (χ3n) is 1.78. The van der Waals surface area contributed by atoms with Crippen molar-refractivity contribution in [3.05, 3.63) is 11.9 Å². The number of carbonyl (C=O) groups is 1. The van der Waals surface area contributed by atoms with Gasteiger partial charge in [0.05, 0.1) is 11.9 Å². The van der Waals surface area contributed by atoms with Crippen LogP contribution in [-0.4, -0.2) is 29.3 Å². The Bertz CT molecular complexity index is 376. The maximum Gasteiger partial charge on any atom is 0.434 e. The molecule has 0 atom stereocenters. The number of H-pyrrole nitrogens is 1. The highest BCUT2D eigenvalue weighted by Crippen LogP contribution is 2.32. The van der Waals surface area contributed by atoms with Crippen molar-refractivity contribution in [2.24, 2.45) is 0 Å². The Morgan fingerprint density at radius 1 is 1.59 bits per heavy atom. The molecule has 0 bridgehead atoms. The molecule has 17 heavy (non-hydrogen) atoms. The van der Waals surface area contributed by atoms with E-state index in [0.717, 1.165) is 12.6 Å². The molecule has 8 heteroatoms. The van der Waals surface area contributed by atoms with Gasteiger partial charge in [-0.2, -0.15) is 18.3 Å². The van der Waals surface area contributed by atoms with Gasteiger partial charge in [-0.05, 0) is 6.42 Å². The van der Waals surface area contributed by atoms with E-state index >= 15 is 0 Å². The van der Waals surface area contributed by atoms with Crippen molar-refractivity contribution >= 4 is 11.6 Å². The Labute approximate surface area is 95.3 Å². The third-order valence-corrected chi connectivity index (χ3v) is 1.78. The van der Waals surface area contributed by atoms with E-state index in [1.807, 2.05) is 6.92 Å². The molecule has 2 N–H and O–H groups in total. The van der Waals surface area contributed by atoms with Gasteiger partial charge in [0.1, 0.15) is 6.61 Å². The Balaban J connectivity index is 2.57. The second-order valence-corrected chi connectivity index (χ2v) is 3.26. The van der Waals surface area contributed by atoms with Crippen LogP contribution < -0.4 is 5.32 Å². The minimum Gasteiger partial charge on any atom is -0.372 e. The maximum absolute atomic E-state index is 12.4. The quantitative estimate of drug-likeness (QED) is 0.784. The summed E-state index contributed by atoms with van der Waals surface area (Å²) < 4.78 is 42.0. The summed E-state index contributed by atoms with van der Waals surface area (Å²) in [4.78, 5) is 11.2. The smallest absolute Gasteiger partial charge is 0.372 e. The van der Waals surface area contributed by atoms with Gasteiger partial charge in [0.25, 0.3) is 0 Å². The summed E-state index contributed by atoms with van der Waals surface area (Å²) in [6, 6.07) is 0. The molecule has 0 aliphatic heterocycles. The number of nitrogens with one attached hydrogen (secondary N) is 2. The zero-order valence-electron chi connectivity index (χ0n) is 9.10. The van der Waals surface area contributed by atoms with Crippen LogP contribution in [0.25, 0.3) is 0 Å². The Morgan fingerprint density at radius 3 is 2.88 bits per heavy atom. The van der Waals surface area contributed by atoms with Gasteiger partial charge in [0.15, 0.2) is 5.69 Å². The predicted octanol–water partition coefficient (Wildman–Crippen LogP) is 1.79. The van der Waals surface area contributed by atoms with Crippen LogP contribution in [0, 0.1) is 0 Å². The fourth-order valence-corrected chi connectivity index (χ4v) is 1.09. The molecule has 0 aliphatic rings. The molecule has 0 saturated heterocycles. The predicted molar refractivity (Wildman–Crippen MR) is 53.3 cm³/mol. The number of hydrogen-bond acceptors (Lipinski definition) is 3. The van der Waals surface area contributed by atoms with Gasteiger partial charge in [0, 0.05) is 6.61 Å². The molecule has 0 aliphatic carbocycles. The lowest BCUT2D eigenvalue weighted by Crippen LogP contribution is -2.20. The van der Waals surface area contributed by atoms with Crippen molar-refractivity contribution in [3.8, 4) is 0 Å². The normalized spacial score (nSPS) is 11.5. The fourth-order valence-electron chi connectivity index (χ4n) is 1.09. The number of alkyl halides is 3. The van der Waals surface area contributed by atoms with E-state index in [4.69, 9.17) is 4.74 Å². The van der Waals surface area contributed by atoms with Crippen LogP contribution >= 0.6 is 0 Å². The van der Waals surface area contributed by atoms with E-state index in [1.165, 1.54) is 0 Å². The highest BCUT2D eigenvalue weighted by Gasteiger charge is 2.36. The first kappa shape index (κ1) is 13.5. The Hall–Kier alpha value is -1.57. The van der Waals surface area contributed by atoms with Gasteiger partial charge in [-0.15, -0.1) is 0 Å². The summed E-state index contributed by atoms with van der Waals surface area (Å²) in [5.41, 5.74) is -1.48. The summed E-state index contributed by atoms with van der Waals surface area (Å²) in [6.45, 7) is 1.96. The summed E-state index contributed by atoms with van der Waals surface area (Å²) in [6.07, 6.45) is -2.95. The average Bonchev–Trinajstić information content (AvgIpc) is 2.65. The lowest BCUT2D eigenvalue weighted by molar-refractivity contribution is -0.140. The molecule has 0 spiro atoms. The Morgan fingerprint density at radius 2 is 2.29 bits per heavy atom. The molecule has 1 amide bonds. The van der Waals surface area contributed by atoms with Crippen molar-refractivity contribution in [2.45, 2.75) is 19.5 Å². The first-order chi connectivity index (χ1) is 7.95. The van der Waals surface area contributed by atoms with Gasteiger partial charge >= 0.3 is 6.18 Å². The van der Waals surface area contributed by atoms with Crippen molar-refractivity contribution < 1.29 is 22.7 Å². The molecule has 1 rings (SSSR count). The number of rotatable bonds is 5. The summed E-state index contributed by atoms with van der Waals surface area (Å²) in [5, 5.41) is 7.10. The fraction of sp³-hybridized carbons (Fsp3) is 0.556. The topological polar surface area (TPSA) is 67.0 Å². The van der Waals surface area contributed by atoms with Crippen LogP contribution in [0.3, 0.4) is 0 Å². The molecule has 0 radical (unpaired) electrons. The monoisotopic (exact) mass is 251 g/mol. The van der Waals surface area contributed by atoms with E-state index < -0.39 is 23.5 Å². The van der Waals surface area contributed by atoms with Crippen LogP contribution in [0.15, 0.2) is 6.20 Å². The number of carbonyl (C=O) groups excluding carboxylic acids is 1. The highest BCUT2D eigenvalue weighted by atomic mass is 19.4. The number of amides is 1. The van der Waals surface area contributed by atoms with E-state index in [0.29, 0.717) is 6.61 Å². The lowest BCUT2D eigenvalue weighted by atomic mass is 10.3. The number of ether oxygens (including phenoxy) is 1. The van der Waals surface area contributed by atoms with Crippen LogP contribution in [0.5, 0.6) is 0 Å². The van der Waals surface area contributed by atoms with Gasteiger partial charge in [-0.25, -0.2) is 0 Å². The molecule has 5 nitrogen and oxygen atoms in total. The second kappa shape index (κ2) is 5.67. The summed E-state index contributed by atoms with van der Waals surface area (Å²) in [7, 11) is 0. The van der Waals surface area contributed by atoms with Crippen molar-refractivity contribution in [1.29, 1.82) is 0 Å². The van der Waals surface area contributed by atoms with Gasteiger partial charge in [0.2, 0.25) is 5.91 Å². The standard InChI is InChI=1S/C9H12F3N3O2/c1-2-3-17-5-7(16)14-6-4-13-15-8(6)9(10,11)12/h4H,2-3,5H2,1H3,(H,13,15)(H,14,16). The molecule has 96 valence electrons. The second-order valence-electron chi connectivity index (χ2n) is 3.26. The van der Waals surface area contributed by atoms with E-state index in [9.17, 15) is 18.0 Å². The molecule has 0 saturated carbocycles. The molecule has 0 fully saturated rings. The zero-order chi connectivity index (χ0) is 12.9. The van der Waals surface area contributed by atoms with Crippen LogP contribution in [0.4, 0.5) is 18.9 Å². The third kappa shape index (κ3) is 4.06. The molecule has 0 unspecified atom stereocenters. The lowest BCUT2D eigenvalue weighted by Gasteiger charge is -2.08. The van der Waals surface area contributed by atoms with Crippen molar-refractivity contribution in [2.75, 3.05) is 18.5 Å². The number of nitrogens with zero attached hydrogens (tertiary/aromatic N) is 1. The summed E-state index contributed by atoms with van der Waals surface area (Å²) >= 11 is 0. The van der Waals surface area contributed by atoms with E-state index in [1.54, 1.807) is 5.10 Å². The van der Waals surface area contributed by atoms with Crippen LogP contribution in [-0.2, 0) is 15.7 Å². The number of aromatic amines is 1. The molecule has 1 heterocycles. The zero-order valence-corrected chi connectivity index (χ0v) is 9.10. The molecule has 1 aromatic heterocycles. The van der Waals surface area contributed by atoms with Gasteiger partial charge in [-0.1, -0.05) is 6.92 Å². The number of hydrogen-bond donors (Lipinski definition) is 2. The molecule has 0 aromatic carbocycles. The molecule has 1 aromatic rings. The average molecular weight is 251 g/mol. The first-order valence-corrected chi connectivity index (χ1v) is 4.93. The highest BCUT2D eigenvalue weighted by molar-refractivity contribution is 5.92. The molecular weight excluding hydrogens is 239 g/mol. The Kier molecular flexibility index (Phi) is 4.50. The van der Waals surface area contributed by atoms with Gasteiger partial charge < -0.3 is 10.1 Å². The minimum atomic E-state index is -4.58. The molecular formula is C9H12F3N3O2. The minimum absolute atomic E-state index is 0.281. The van der Waals surface area contributed by atoms with Gasteiger partial charge in [-0.3, -0.25) is 9.89 Å². The largest absolute Gasteiger partial charge is 0.434 e. The van der Waals surface area contributed by atoms with Crippen molar-refractivity contribution in [3.63, 3.8) is 0 Å². The van der Waals surface area contributed by atoms with E-state index in [2.05, 4.69) is 10.4 Å².